The topological polar surface area (TPSA) is 62.2 Å². The Morgan fingerprint density at radius 3 is 2.56 bits per heavy atom. The maximum Gasteiger partial charge on any atom is 0.252 e. The lowest BCUT2D eigenvalue weighted by Gasteiger charge is -2.29. The lowest BCUT2D eigenvalue weighted by atomic mass is 9.83. The summed E-state index contributed by atoms with van der Waals surface area (Å²) in [5.74, 6) is -0.916. The van der Waals surface area contributed by atoms with Gasteiger partial charge in [-0.1, -0.05) is 13.8 Å². The van der Waals surface area contributed by atoms with Crippen LogP contribution in [0.1, 0.15) is 37.0 Å². The average Bonchev–Trinajstić information content (AvgIpc) is 2.41. The van der Waals surface area contributed by atoms with E-state index in [0.29, 0.717) is 12.1 Å². The normalized spacial score (nSPS) is 11.3. The van der Waals surface area contributed by atoms with Gasteiger partial charge in [0.2, 0.25) is 5.95 Å². The van der Waals surface area contributed by atoms with Crippen molar-refractivity contribution in [3.05, 3.63) is 29.8 Å². The quantitative estimate of drug-likeness (QED) is 0.760. The predicted molar refractivity (Wildman–Crippen MR) is 66.6 cm³/mol. The standard InChI is InChI=1S/C13H19FN2O2/c1-3-13(4-2,9-17)8-16-12(18)10-5-6-11(14)15-7-10/h5-7,17H,3-4,8-9H2,1-2H3,(H,16,18). The first-order valence-electron chi connectivity index (χ1n) is 6.07. The van der Waals surface area contributed by atoms with Gasteiger partial charge in [0.1, 0.15) is 0 Å². The monoisotopic (exact) mass is 254 g/mol. The fraction of sp³-hybridized carbons (Fsp3) is 0.538. The first-order valence-corrected chi connectivity index (χ1v) is 6.07. The van der Waals surface area contributed by atoms with Crippen molar-refractivity contribution in [3.8, 4) is 0 Å². The van der Waals surface area contributed by atoms with Crippen LogP contribution in [0.15, 0.2) is 18.3 Å². The minimum absolute atomic E-state index is 0.0297. The minimum Gasteiger partial charge on any atom is -0.396 e. The zero-order chi connectivity index (χ0) is 13.6. The predicted octanol–water partition coefficient (Wildman–Crippen LogP) is 1.75. The molecule has 0 atom stereocenters. The molecule has 0 aliphatic heterocycles. The summed E-state index contributed by atoms with van der Waals surface area (Å²) in [6.07, 6.45) is 2.76. The van der Waals surface area contributed by atoms with Crippen LogP contribution in [-0.4, -0.2) is 29.1 Å². The molecule has 0 aromatic carbocycles. The van der Waals surface area contributed by atoms with Crippen molar-refractivity contribution in [2.75, 3.05) is 13.2 Å². The molecule has 2 N–H and O–H groups in total. The Balaban J connectivity index is 2.63. The zero-order valence-corrected chi connectivity index (χ0v) is 10.7. The molecule has 1 aromatic rings. The fourth-order valence-corrected chi connectivity index (χ4v) is 1.66. The largest absolute Gasteiger partial charge is 0.396 e. The second-order valence-electron chi connectivity index (χ2n) is 4.42. The van der Waals surface area contributed by atoms with E-state index in [-0.39, 0.29) is 17.9 Å². The van der Waals surface area contributed by atoms with Gasteiger partial charge in [-0.15, -0.1) is 0 Å². The Bertz CT molecular complexity index is 380. The van der Waals surface area contributed by atoms with E-state index in [1.807, 2.05) is 13.8 Å². The summed E-state index contributed by atoms with van der Waals surface area (Å²) in [5, 5.41) is 12.1. The lowest BCUT2D eigenvalue weighted by Crippen LogP contribution is -2.39. The maximum atomic E-state index is 12.6. The molecule has 0 unspecified atom stereocenters. The van der Waals surface area contributed by atoms with Crippen molar-refractivity contribution >= 4 is 5.91 Å². The third kappa shape index (κ3) is 3.50. The number of rotatable bonds is 6. The molecule has 0 spiro atoms. The van der Waals surface area contributed by atoms with E-state index in [0.717, 1.165) is 18.9 Å². The van der Waals surface area contributed by atoms with E-state index in [9.17, 15) is 14.3 Å². The van der Waals surface area contributed by atoms with Crippen LogP contribution in [0.3, 0.4) is 0 Å². The number of aliphatic hydroxyl groups is 1. The van der Waals surface area contributed by atoms with Gasteiger partial charge in [0.15, 0.2) is 0 Å². The van der Waals surface area contributed by atoms with Gasteiger partial charge in [0.25, 0.3) is 5.91 Å². The first-order chi connectivity index (χ1) is 8.56. The van der Waals surface area contributed by atoms with Crippen molar-refractivity contribution in [2.45, 2.75) is 26.7 Å². The average molecular weight is 254 g/mol. The van der Waals surface area contributed by atoms with E-state index in [1.54, 1.807) is 0 Å². The van der Waals surface area contributed by atoms with Gasteiger partial charge in [0, 0.05) is 18.2 Å². The molecule has 5 heteroatoms. The second-order valence-corrected chi connectivity index (χ2v) is 4.42. The van der Waals surface area contributed by atoms with Crippen molar-refractivity contribution in [1.29, 1.82) is 0 Å². The number of carbonyl (C=O) groups excluding carboxylic acids is 1. The van der Waals surface area contributed by atoms with Crippen molar-refractivity contribution in [3.63, 3.8) is 0 Å². The van der Waals surface area contributed by atoms with E-state index in [2.05, 4.69) is 10.3 Å². The highest BCUT2D eigenvalue weighted by Crippen LogP contribution is 2.24. The Labute approximate surface area is 106 Å². The van der Waals surface area contributed by atoms with Gasteiger partial charge < -0.3 is 10.4 Å². The number of halogens is 1. The first kappa shape index (κ1) is 14.6. The summed E-state index contributed by atoms with van der Waals surface area (Å²) < 4.78 is 12.6. The molecule has 0 saturated carbocycles. The molecule has 1 amide bonds. The van der Waals surface area contributed by atoms with Crippen molar-refractivity contribution < 1.29 is 14.3 Å². The molecule has 4 nitrogen and oxygen atoms in total. The van der Waals surface area contributed by atoms with Crippen LogP contribution in [0.4, 0.5) is 4.39 Å². The molecule has 1 rings (SSSR count). The summed E-state index contributed by atoms with van der Waals surface area (Å²) in [7, 11) is 0. The molecule has 0 aliphatic carbocycles. The van der Waals surface area contributed by atoms with Gasteiger partial charge in [-0.3, -0.25) is 4.79 Å². The number of carbonyl (C=O) groups is 1. The number of amides is 1. The van der Waals surface area contributed by atoms with Crippen LogP contribution in [0.25, 0.3) is 0 Å². The molecule has 100 valence electrons. The highest BCUT2D eigenvalue weighted by Gasteiger charge is 2.25. The summed E-state index contributed by atoms with van der Waals surface area (Å²) in [5.41, 5.74) is 0.0267. The molecular weight excluding hydrogens is 235 g/mol. The molecule has 1 heterocycles. The van der Waals surface area contributed by atoms with Crippen LogP contribution in [0.5, 0.6) is 0 Å². The highest BCUT2D eigenvalue weighted by molar-refractivity contribution is 5.93. The molecule has 0 fully saturated rings. The van der Waals surface area contributed by atoms with Crippen LogP contribution in [-0.2, 0) is 0 Å². The van der Waals surface area contributed by atoms with Crippen LogP contribution in [0, 0.1) is 11.4 Å². The molecule has 0 aliphatic rings. The van der Waals surface area contributed by atoms with Crippen molar-refractivity contribution in [2.24, 2.45) is 5.41 Å². The van der Waals surface area contributed by atoms with E-state index in [4.69, 9.17) is 0 Å². The molecule has 18 heavy (non-hydrogen) atoms. The summed E-state index contributed by atoms with van der Waals surface area (Å²) in [6, 6.07) is 2.53. The van der Waals surface area contributed by atoms with Crippen LogP contribution in [0.2, 0.25) is 0 Å². The number of hydrogen-bond donors (Lipinski definition) is 2. The molecular formula is C13H19FN2O2. The highest BCUT2D eigenvalue weighted by atomic mass is 19.1. The molecule has 0 saturated heterocycles. The van der Waals surface area contributed by atoms with Gasteiger partial charge in [-0.25, -0.2) is 4.98 Å². The SMILES string of the molecule is CCC(CC)(CO)CNC(=O)c1ccc(F)nc1. The summed E-state index contributed by atoms with van der Waals surface area (Å²) in [4.78, 5) is 15.2. The third-order valence-electron chi connectivity index (χ3n) is 3.45. The van der Waals surface area contributed by atoms with Crippen molar-refractivity contribution in [1.82, 2.24) is 10.3 Å². The lowest BCUT2D eigenvalue weighted by molar-refractivity contribution is 0.0850. The summed E-state index contributed by atoms with van der Waals surface area (Å²) in [6.45, 7) is 4.38. The number of nitrogens with one attached hydrogen (secondary N) is 1. The third-order valence-corrected chi connectivity index (χ3v) is 3.45. The van der Waals surface area contributed by atoms with E-state index in [1.165, 1.54) is 12.3 Å². The zero-order valence-electron chi connectivity index (χ0n) is 10.7. The Morgan fingerprint density at radius 1 is 1.44 bits per heavy atom. The van der Waals surface area contributed by atoms with Gasteiger partial charge in [0.05, 0.1) is 12.2 Å². The van der Waals surface area contributed by atoms with Gasteiger partial charge in [-0.05, 0) is 25.0 Å². The van der Waals surface area contributed by atoms with Crippen LogP contribution >= 0.6 is 0 Å². The number of hydrogen-bond acceptors (Lipinski definition) is 3. The van der Waals surface area contributed by atoms with Gasteiger partial charge >= 0.3 is 0 Å². The molecule has 0 radical (unpaired) electrons. The molecule has 0 bridgehead atoms. The second kappa shape index (κ2) is 6.44. The number of nitrogens with zero attached hydrogens (tertiary/aromatic N) is 1. The van der Waals surface area contributed by atoms with Gasteiger partial charge in [-0.2, -0.15) is 4.39 Å². The number of pyridine rings is 1. The Kier molecular flexibility index (Phi) is 5.22. The maximum absolute atomic E-state index is 12.6. The van der Waals surface area contributed by atoms with E-state index >= 15 is 0 Å². The Morgan fingerprint density at radius 2 is 2.11 bits per heavy atom. The number of aromatic nitrogens is 1. The number of aliphatic hydroxyl groups excluding tert-OH is 1. The van der Waals surface area contributed by atoms with E-state index < -0.39 is 5.95 Å². The fourth-order valence-electron chi connectivity index (χ4n) is 1.66. The minimum atomic E-state index is -0.613. The smallest absolute Gasteiger partial charge is 0.252 e. The summed E-state index contributed by atoms with van der Waals surface area (Å²) >= 11 is 0. The molecule has 1 aromatic heterocycles. The van der Waals surface area contributed by atoms with Crippen LogP contribution < -0.4 is 5.32 Å². The Hall–Kier alpha value is -1.49.